The van der Waals surface area contributed by atoms with Crippen molar-refractivity contribution in [3.8, 4) is 0 Å². The van der Waals surface area contributed by atoms with E-state index in [1.54, 1.807) is 0 Å². The maximum Gasteiger partial charge on any atom is 0.268 e. The highest BCUT2D eigenvalue weighted by atomic mass is 32.1. The Hall–Kier alpha value is -1.83. The lowest BCUT2D eigenvalue weighted by Gasteiger charge is -2.24. The number of rotatable bonds is 5. The van der Waals surface area contributed by atoms with Gasteiger partial charge in [0.1, 0.15) is 10.7 Å². The minimum Gasteiger partial charge on any atom is -0.382 e. The van der Waals surface area contributed by atoms with Gasteiger partial charge in [-0.1, -0.05) is 11.3 Å². The summed E-state index contributed by atoms with van der Waals surface area (Å²) in [5.74, 6) is -0.605. The molecule has 0 aromatic carbocycles. The zero-order valence-corrected chi connectivity index (χ0v) is 13.2. The standard InChI is InChI=1S/C13H21N5O2S/c1-8(2)18(7-9(14)19)12(20)10-11(15)16-13(21-10)17-5-3-4-6-17/h8H,3-7,15H2,1-2H3,(H2,14,19). The van der Waals surface area contributed by atoms with Crippen molar-refractivity contribution < 1.29 is 9.59 Å². The number of thiazole rings is 1. The summed E-state index contributed by atoms with van der Waals surface area (Å²) in [5, 5.41) is 0.774. The van der Waals surface area contributed by atoms with Gasteiger partial charge in [0.2, 0.25) is 5.91 Å². The van der Waals surface area contributed by atoms with Crippen LogP contribution in [0.4, 0.5) is 10.9 Å². The van der Waals surface area contributed by atoms with Gasteiger partial charge in [0.25, 0.3) is 5.91 Å². The Bertz CT molecular complexity index is 537. The lowest BCUT2D eigenvalue weighted by molar-refractivity contribution is -0.119. The van der Waals surface area contributed by atoms with E-state index in [2.05, 4.69) is 9.88 Å². The molecule has 0 saturated carbocycles. The number of primary amides is 1. The van der Waals surface area contributed by atoms with Gasteiger partial charge in [-0.15, -0.1) is 0 Å². The molecule has 0 spiro atoms. The third-order valence-electron chi connectivity index (χ3n) is 3.42. The van der Waals surface area contributed by atoms with Gasteiger partial charge in [-0.25, -0.2) is 4.98 Å². The van der Waals surface area contributed by atoms with Crippen LogP contribution < -0.4 is 16.4 Å². The number of carbonyl (C=O) groups excluding carboxylic acids is 2. The van der Waals surface area contributed by atoms with Gasteiger partial charge in [-0.3, -0.25) is 9.59 Å². The van der Waals surface area contributed by atoms with Gasteiger partial charge >= 0.3 is 0 Å². The molecule has 1 aliphatic rings. The fourth-order valence-corrected chi connectivity index (χ4v) is 3.30. The average Bonchev–Trinajstić information content (AvgIpc) is 3.03. The minimum atomic E-state index is -0.542. The first kappa shape index (κ1) is 15.6. The Morgan fingerprint density at radius 1 is 1.38 bits per heavy atom. The molecule has 0 atom stereocenters. The molecule has 0 aliphatic carbocycles. The number of anilines is 2. The summed E-state index contributed by atoms with van der Waals surface area (Å²) in [6, 6.07) is -0.137. The second-order valence-electron chi connectivity index (χ2n) is 5.40. The third kappa shape index (κ3) is 3.44. The van der Waals surface area contributed by atoms with Gasteiger partial charge in [-0.05, 0) is 26.7 Å². The van der Waals surface area contributed by atoms with E-state index < -0.39 is 5.91 Å². The van der Waals surface area contributed by atoms with Crippen molar-refractivity contribution in [1.29, 1.82) is 0 Å². The average molecular weight is 311 g/mol. The van der Waals surface area contributed by atoms with Crippen molar-refractivity contribution in [2.45, 2.75) is 32.7 Å². The number of hydrogen-bond donors (Lipinski definition) is 2. The number of nitrogen functional groups attached to an aromatic ring is 1. The predicted molar refractivity (Wildman–Crippen MR) is 83.3 cm³/mol. The Morgan fingerprint density at radius 3 is 2.52 bits per heavy atom. The number of aromatic nitrogens is 1. The maximum absolute atomic E-state index is 12.6. The van der Waals surface area contributed by atoms with Crippen LogP contribution in [-0.4, -0.2) is 47.4 Å². The normalized spacial score (nSPS) is 14.7. The first-order chi connectivity index (χ1) is 9.90. The van der Waals surface area contributed by atoms with Gasteiger partial charge in [0, 0.05) is 19.1 Å². The quantitative estimate of drug-likeness (QED) is 0.831. The van der Waals surface area contributed by atoms with Crippen LogP contribution in [0.5, 0.6) is 0 Å². The monoisotopic (exact) mass is 311 g/mol. The Kier molecular flexibility index (Phi) is 4.66. The number of carbonyl (C=O) groups is 2. The van der Waals surface area contributed by atoms with E-state index in [-0.39, 0.29) is 24.3 Å². The molecule has 4 N–H and O–H groups in total. The SMILES string of the molecule is CC(C)N(CC(N)=O)C(=O)c1sc(N2CCCC2)nc1N. The van der Waals surface area contributed by atoms with E-state index in [1.807, 2.05) is 13.8 Å². The first-order valence-corrected chi connectivity index (χ1v) is 7.82. The fourth-order valence-electron chi connectivity index (χ4n) is 2.30. The molecular weight excluding hydrogens is 290 g/mol. The molecule has 2 rings (SSSR count). The minimum absolute atomic E-state index is 0.118. The Balaban J connectivity index is 2.22. The van der Waals surface area contributed by atoms with E-state index in [9.17, 15) is 9.59 Å². The van der Waals surface area contributed by atoms with Crippen molar-refractivity contribution in [2.75, 3.05) is 30.3 Å². The smallest absolute Gasteiger partial charge is 0.268 e. The van der Waals surface area contributed by atoms with Crippen LogP contribution in [0.2, 0.25) is 0 Å². The topological polar surface area (TPSA) is 106 Å². The molecule has 2 heterocycles. The maximum atomic E-state index is 12.6. The molecule has 1 fully saturated rings. The van der Waals surface area contributed by atoms with E-state index >= 15 is 0 Å². The third-order valence-corrected chi connectivity index (χ3v) is 4.54. The van der Waals surface area contributed by atoms with Gasteiger partial charge < -0.3 is 21.3 Å². The van der Waals surface area contributed by atoms with Gasteiger partial charge in [-0.2, -0.15) is 0 Å². The van der Waals surface area contributed by atoms with E-state index in [0.29, 0.717) is 4.88 Å². The second-order valence-corrected chi connectivity index (χ2v) is 6.38. The van der Waals surface area contributed by atoms with Crippen LogP contribution >= 0.6 is 11.3 Å². The van der Waals surface area contributed by atoms with Crippen molar-refractivity contribution >= 4 is 34.1 Å². The summed E-state index contributed by atoms with van der Waals surface area (Å²) in [7, 11) is 0. The molecule has 116 valence electrons. The predicted octanol–water partition coefficient (Wildman–Crippen LogP) is 0.661. The highest BCUT2D eigenvalue weighted by molar-refractivity contribution is 7.18. The number of amides is 2. The van der Waals surface area contributed by atoms with Crippen LogP contribution in [0, 0.1) is 0 Å². The van der Waals surface area contributed by atoms with E-state index in [0.717, 1.165) is 31.1 Å². The van der Waals surface area contributed by atoms with Crippen molar-refractivity contribution in [2.24, 2.45) is 5.73 Å². The van der Waals surface area contributed by atoms with Crippen LogP contribution in [0.3, 0.4) is 0 Å². The number of hydrogen-bond acceptors (Lipinski definition) is 6. The second kappa shape index (κ2) is 6.30. The zero-order valence-electron chi connectivity index (χ0n) is 12.3. The lowest BCUT2D eigenvalue weighted by Crippen LogP contribution is -2.42. The molecule has 8 heteroatoms. The van der Waals surface area contributed by atoms with E-state index in [4.69, 9.17) is 11.5 Å². The highest BCUT2D eigenvalue weighted by Crippen LogP contribution is 2.31. The molecule has 1 aromatic rings. The molecule has 7 nitrogen and oxygen atoms in total. The summed E-state index contributed by atoms with van der Waals surface area (Å²) in [6.07, 6.45) is 2.26. The van der Waals surface area contributed by atoms with Crippen LogP contribution in [0.1, 0.15) is 36.4 Å². The largest absolute Gasteiger partial charge is 0.382 e. The molecule has 1 aliphatic heterocycles. The summed E-state index contributed by atoms with van der Waals surface area (Å²) >= 11 is 1.28. The van der Waals surface area contributed by atoms with Crippen LogP contribution in [0.15, 0.2) is 0 Å². The molecular formula is C13H21N5O2S. The van der Waals surface area contributed by atoms with E-state index in [1.165, 1.54) is 16.2 Å². The van der Waals surface area contributed by atoms with Gasteiger partial charge in [0.15, 0.2) is 5.13 Å². The Morgan fingerprint density at radius 2 is 2.00 bits per heavy atom. The molecule has 0 bridgehead atoms. The van der Waals surface area contributed by atoms with Gasteiger partial charge in [0.05, 0.1) is 6.54 Å². The molecule has 1 saturated heterocycles. The van der Waals surface area contributed by atoms with Crippen molar-refractivity contribution in [3.63, 3.8) is 0 Å². The zero-order chi connectivity index (χ0) is 15.6. The number of nitrogens with zero attached hydrogens (tertiary/aromatic N) is 3. The molecule has 2 amide bonds. The number of nitrogens with two attached hydrogens (primary N) is 2. The highest BCUT2D eigenvalue weighted by Gasteiger charge is 2.27. The van der Waals surface area contributed by atoms with Crippen molar-refractivity contribution in [3.05, 3.63) is 4.88 Å². The lowest BCUT2D eigenvalue weighted by atomic mass is 10.3. The summed E-state index contributed by atoms with van der Waals surface area (Å²) in [6.45, 7) is 5.43. The van der Waals surface area contributed by atoms with Crippen LogP contribution in [-0.2, 0) is 4.79 Å². The fraction of sp³-hybridized carbons (Fsp3) is 0.615. The first-order valence-electron chi connectivity index (χ1n) is 7.00. The summed E-state index contributed by atoms with van der Waals surface area (Å²) in [4.78, 5) is 31.9. The molecule has 21 heavy (non-hydrogen) atoms. The molecule has 0 unspecified atom stereocenters. The molecule has 1 aromatic heterocycles. The molecule has 0 radical (unpaired) electrons. The summed E-state index contributed by atoms with van der Waals surface area (Å²) < 4.78 is 0. The van der Waals surface area contributed by atoms with Crippen LogP contribution in [0.25, 0.3) is 0 Å². The van der Waals surface area contributed by atoms with Crippen molar-refractivity contribution in [1.82, 2.24) is 9.88 Å². The Labute approximate surface area is 127 Å². The summed E-state index contributed by atoms with van der Waals surface area (Å²) in [5.41, 5.74) is 11.1.